The topological polar surface area (TPSA) is 84.4 Å². The third kappa shape index (κ3) is 5.96. The Hall–Kier alpha value is -3.91. The predicted octanol–water partition coefficient (Wildman–Crippen LogP) is 5.39. The van der Waals surface area contributed by atoms with E-state index in [0.29, 0.717) is 24.1 Å². The van der Waals surface area contributed by atoms with Gasteiger partial charge in [-0.25, -0.2) is 4.98 Å². The first-order valence-corrected chi connectivity index (χ1v) is 12.0. The van der Waals surface area contributed by atoms with Gasteiger partial charge in [-0.1, -0.05) is 24.6 Å². The second kappa shape index (κ2) is 11.0. The second-order valence-electron chi connectivity index (χ2n) is 8.55. The van der Waals surface area contributed by atoms with E-state index in [1.165, 1.54) is 19.3 Å². The third-order valence-electron chi connectivity index (χ3n) is 6.05. The van der Waals surface area contributed by atoms with Crippen molar-refractivity contribution in [3.63, 3.8) is 0 Å². The molecule has 0 saturated carbocycles. The average molecular weight is 471 g/mol. The molecule has 180 valence electrons. The summed E-state index contributed by atoms with van der Waals surface area (Å²) >= 11 is 0. The number of fused-ring (bicyclic) bond motifs is 1. The number of methoxy groups -OCH3 is 1. The zero-order valence-electron chi connectivity index (χ0n) is 19.9. The van der Waals surface area contributed by atoms with Gasteiger partial charge in [-0.2, -0.15) is 4.98 Å². The minimum Gasteiger partial charge on any atom is -0.493 e. The molecule has 1 aliphatic heterocycles. The zero-order valence-corrected chi connectivity index (χ0v) is 19.9. The number of hydrogen-bond donors (Lipinski definition) is 2. The van der Waals surface area contributed by atoms with Crippen molar-refractivity contribution in [3.05, 3.63) is 67.0 Å². The molecular formula is C27H30N6O2. The Morgan fingerprint density at radius 1 is 0.886 bits per heavy atom. The second-order valence-corrected chi connectivity index (χ2v) is 8.55. The van der Waals surface area contributed by atoms with Gasteiger partial charge >= 0.3 is 0 Å². The van der Waals surface area contributed by atoms with Crippen LogP contribution >= 0.6 is 0 Å². The number of pyridine rings is 1. The first-order chi connectivity index (χ1) is 17.3. The molecule has 1 aliphatic rings. The fourth-order valence-electron chi connectivity index (χ4n) is 4.24. The van der Waals surface area contributed by atoms with Crippen molar-refractivity contribution in [2.45, 2.75) is 19.3 Å². The van der Waals surface area contributed by atoms with Gasteiger partial charge in [-0.3, -0.25) is 9.88 Å². The summed E-state index contributed by atoms with van der Waals surface area (Å²) in [4.78, 5) is 15.9. The van der Waals surface area contributed by atoms with E-state index < -0.39 is 0 Å². The van der Waals surface area contributed by atoms with Crippen molar-refractivity contribution < 1.29 is 9.47 Å². The summed E-state index contributed by atoms with van der Waals surface area (Å²) in [7, 11) is 1.65. The molecule has 8 nitrogen and oxygen atoms in total. The highest BCUT2D eigenvalue weighted by Crippen LogP contribution is 2.31. The minimum atomic E-state index is 0.476. The number of para-hydroxylation sites is 1. The van der Waals surface area contributed by atoms with E-state index in [0.717, 1.165) is 47.7 Å². The maximum Gasteiger partial charge on any atom is 0.229 e. The summed E-state index contributed by atoms with van der Waals surface area (Å²) in [6.45, 7) is 3.90. The molecule has 2 N–H and O–H groups in total. The monoisotopic (exact) mass is 470 g/mol. The van der Waals surface area contributed by atoms with E-state index in [1.54, 1.807) is 19.5 Å². The van der Waals surface area contributed by atoms with Gasteiger partial charge in [0.2, 0.25) is 5.95 Å². The van der Waals surface area contributed by atoms with Crippen molar-refractivity contribution in [1.29, 1.82) is 0 Å². The molecule has 0 spiro atoms. The van der Waals surface area contributed by atoms with Crippen LogP contribution < -0.4 is 20.1 Å². The first kappa shape index (κ1) is 22.9. The smallest absolute Gasteiger partial charge is 0.229 e. The van der Waals surface area contributed by atoms with E-state index in [4.69, 9.17) is 9.47 Å². The third-order valence-corrected chi connectivity index (χ3v) is 6.05. The van der Waals surface area contributed by atoms with E-state index in [2.05, 4.69) is 30.5 Å². The van der Waals surface area contributed by atoms with Gasteiger partial charge < -0.3 is 20.1 Å². The molecule has 0 aliphatic carbocycles. The molecule has 5 rings (SSSR count). The number of aromatic nitrogens is 3. The van der Waals surface area contributed by atoms with Gasteiger partial charge in [-0.15, -0.1) is 0 Å². The van der Waals surface area contributed by atoms with Gasteiger partial charge in [0, 0.05) is 29.9 Å². The lowest BCUT2D eigenvalue weighted by molar-refractivity contribution is 0.180. The van der Waals surface area contributed by atoms with Crippen LogP contribution in [0, 0.1) is 0 Å². The molecule has 8 heteroatoms. The maximum absolute atomic E-state index is 6.01. The Balaban J connectivity index is 1.22. The number of rotatable bonds is 9. The van der Waals surface area contributed by atoms with Gasteiger partial charge in [0.25, 0.3) is 0 Å². The minimum absolute atomic E-state index is 0.476. The SMILES string of the molecule is COc1cc(Nc2nccc(Nc3cnc4ccccc4c3)n2)ccc1OCCN1CCCCC1. The number of hydrogen-bond acceptors (Lipinski definition) is 8. The normalized spacial score (nSPS) is 14.0. The Morgan fingerprint density at radius 3 is 2.66 bits per heavy atom. The van der Waals surface area contributed by atoms with Crippen molar-refractivity contribution in [1.82, 2.24) is 19.9 Å². The molecule has 0 atom stereocenters. The van der Waals surface area contributed by atoms with Gasteiger partial charge in [0.1, 0.15) is 12.4 Å². The van der Waals surface area contributed by atoms with Crippen LogP contribution in [0.2, 0.25) is 0 Å². The lowest BCUT2D eigenvalue weighted by Crippen LogP contribution is -2.33. The highest BCUT2D eigenvalue weighted by atomic mass is 16.5. The van der Waals surface area contributed by atoms with Crippen LogP contribution in [0.15, 0.2) is 67.0 Å². The molecule has 0 unspecified atom stereocenters. The summed E-state index contributed by atoms with van der Waals surface area (Å²) < 4.78 is 11.6. The Labute approximate surface area is 205 Å². The Kier molecular flexibility index (Phi) is 7.19. The predicted molar refractivity (Wildman–Crippen MR) is 139 cm³/mol. The van der Waals surface area contributed by atoms with Crippen LogP contribution in [0.25, 0.3) is 10.9 Å². The van der Waals surface area contributed by atoms with Crippen LogP contribution in [0.1, 0.15) is 19.3 Å². The summed E-state index contributed by atoms with van der Waals surface area (Å²) in [5, 5.41) is 7.61. The maximum atomic E-state index is 6.01. The molecule has 1 saturated heterocycles. The molecule has 2 aromatic heterocycles. The average Bonchev–Trinajstić information content (AvgIpc) is 2.90. The van der Waals surface area contributed by atoms with E-state index in [-0.39, 0.29) is 0 Å². The van der Waals surface area contributed by atoms with Gasteiger partial charge in [0.05, 0.1) is 24.5 Å². The van der Waals surface area contributed by atoms with E-state index >= 15 is 0 Å². The summed E-state index contributed by atoms with van der Waals surface area (Å²) in [6.07, 6.45) is 7.40. The van der Waals surface area contributed by atoms with Crippen molar-refractivity contribution in [2.24, 2.45) is 0 Å². The lowest BCUT2D eigenvalue weighted by atomic mass is 10.1. The Morgan fingerprint density at radius 2 is 1.77 bits per heavy atom. The number of likely N-dealkylation sites (tertiary alicyclic amines) is 1. The van der Waals surface area contributed by atoms with Crippen molar-refractivity contribution in [3.8, 4) is 11.5 Å². The van der Waals surface area contributed by atoms with Crippen LogP contribution in [-0.4, -0.2) is 53.2 Å². The van der Waals surface area contributed by atoms with Gasteiger partial charge in [0.15, 0.2) is 11.5 Å². The van der Waals surface area contributed by atoms with E-state index in [1.807, 2.05) is 54.6 Å². The quantitative estimate of drug-likeness (QED) is 0.337. The standard InChI is InChI=1S/C27H30N6O2/c1-34-25-18-21(9-10-24(25)35-16-15-33-13-5-2-6-14-33)31-27-28-12-11-26(32-27)30-22-17-20-7-3-4-8-23(20)29-19-22/h3-4,7-12,17-19H,2,5-6,13-16H2,1H3,(H2,28,30,31,32). The zero-order chi connectivity index (χ0) is 23.9. The fourth-order valence-corrected chi connectivity index (χ4v) is 4.24. The number of nitrogens with zero attached hydrogens (tertiary/aromatic N) is 4. The van der Waals surface area contributed by atoms with Crippen LogP contribution in [-0.2, 0) is 0 Å². The number of anilines is 4. The highest BCUT2D eigenvalue weighted by Gasteiger charge is 2.12. The lowest BCUT2D eigenvalue weighted by Gasteiger charge is -2.26. The molecule has 0 radical (unpaired) electrons. The number of benzene rings is 2. The first-order valence-electron chi connectivity index (χ1n) is 12.0. The fraction of sp³-hybridized carbons (Fsp3) is 0.296. The van der Waals surface area contributed by atoms with E-state index in [9.17, 15) is 0 Å². The molecule has 0 bridgehead atoms. The highest BCUT2D eigenvalue weighted by molar-refractivity contribution is 5.82. The molecule has 35 heavy (non-hydrogen) atoms. The number of nitrogens with one attached hydrogen (secondary N) is 2. The largest absolute Gasteiger partial charge is 0.493 e. The molecule has 3 heterocycles. The summed E-state index contributed by atoms with van der Waals surface area (Å²) in [5.41, 5.74) is 2.63. The van der Waals surface area contributed by atoms with Crippen LogP contribution in [0.5, 0.6) is 11.5 Å². The van der Waals surface area contributed by atoms with Crippen LogP contribution in [0.3, 0.4) is 0 Å². The number of piperidine rings is 1. The van der Waals surface area contributed by atoms with Gasteiger partial charge in [-0.05, 0) is 56.3 Å². The summed E-state index contributed by atoms with van der Waals surface area (Å²) in [5.74, 6) is 2.55. The number of ether oxygens (including phenoxy) is 2. The molecule has 0 amide bonds. The molecular weight excluding hydrogens is 440 g/mol. The molecule has 2 aromatic carbocycles. The molecule has 1 fully saturated rings. The Bertz CT molecular complexity index is 1280. The van der Waals surface area contributed by atoms with Crippen molar-refractivity contribution >= 4 is 34.0 Å². The summed E-state index contributed by atoms with van der Waals surface area (Å²) in [6, 6.07) is 17.6. The molecule has 4 aromatic rings. The van der Waals surface area contributed by atoms with Crippen molar-refractivity contribution in [2.75, 3.05) is 44.0 Å². The van der Waals surface area contributed by atoms with Crippen LogP contribution in [0.4, 0.5) is 23.1 Å².